The lowest BCUT2D eigenvalue weighted by atomic mass is 10.1. The summed E-state index contributed by atoms with van der Waals surface area (Å²) in [7, 11) is -3.68. The van der Waals surface area contributed by atoms with Crippen LogP contribution >= 0.6 is 24.0 Å². The highest BCUT2D eigenvalue weighted by molar-refractivity contribution is 7.91. The van der Waals surface area contributed by atoms with Crippen molar-refractivity contribution in [3.8, 4) is 0 Å². The molecule has 0 unspecified atom stereocenters. The molecule has 1 atom stereocenters. The van der Waals surface area contributed by atoms with Crippen LogP contribution < -0.4 is 11.1 Å². The van der Waals surface area contributed by atoms with E-state index in [0.717, 1.165) is 11.1 Å². The molecule has 0 heterocycles. The van der Waals surface area contributed by atoms with Crippen molar-refractivity contribution < 1.29 is 18.3 Å². The first kappa shape index (κ1) is 25.8. The number of rotatable bonds is 9. The van der Waals surface area contributed by atoms with Gasteiger partial charge in [-0.3, -0.25) is 4.79 Å². The van der Waals surface area contributed by atoms with Gasteiger partial charge in [-0.05, 0) is 72.6 Å². The average Bonchev–Trinajstić information content (AvgIpc) is 2.77. The average molecular weight is 495 g/mol. The standard InChI is InChI=1S/C23H23ClN2O4S.ClH/c24-19-3-1-2-18(14-19)22(27)15-26-13-12-16-4-8-20(9-5-16)31(29,30)21-10-6-17(7-11-21)23(25)28;/h1-11,14,22,26-27H,12-13,15H2,(H2,25,28);1H/t22-;/m1./s1. The van der Waals surface area contributed by atoms with Gasteiger partial charge in [0.2, 0.25) is 15.7 Å². The Bertz CT molecular complexity index is 1150. The molecule has 9 heteroatoms. The van der Waals surface area contributed by atoms with Gasteiger partial charge in [-0.15, -0.1) is 12.4 Å². The Labute approximate surface area is 198 Å². The Balaban J connectivity index is 0.00000363. The number of nitrogens with one attached hydrogen (secondary N) is 1. The van der Waals surface area contributed by atoms with Gasteiger partial charge in [0.1, 0.15) is 0 Å². The molecule has 0 aliphatic heterocycles. The SMILES string of the molecule is Cl.NC(=O)c1ccc(S(=O)(=O)c2ccc(CCNC[C@@H](O)c3cccc(Cl)c3)cc2)cc1. The van der Waals surface area contributed by atoms with Crippen molar-refractivity contribution in [1.82, 2.24) is 5.32 Å². The molecular weight excluding hydrogens is 471 g/mol. The van der Waals surface area contributed by atoms with E-state index in [4.69, 9.17) is 17.3 Å². The molecule has 0 fully saturated rings. The van der Waals surface area contributed by atoms with Gasteiger partial charge < -0.3 is 16.2 Å². The summed E-state index contributed by atoms with van der Waals surface area (Å²) in [5, 5.41) is 14.0. The third kappa shape index (κ3) is 6.54. The van der Waals surface area contributed by atoms with Crippen molar-refractivity contribution in [2.45, 2.75) is 22.3 Å². The van der Waals surface area contributed by atoms with E-state index in [2.05, 4.69) is 5.32 Å². The third-order valence-corrected chi connectivity index (χ3v) is 6.87. The molecule has 0 aliphatic rings. The summed E-state index contributed by atoms with van der Waals surface area (Å²) in [6.45, 7) is 1.01. The molecule has 4 N–H and O–H groups in total. The molecule has 1 amide bonds. The number of amides is 1. The number of hydrogen-bond donors (Lipinski definition) is 3. The van der Waals surface area contributed by atoms with Crippen LogP contribution in [0.4, 0.5) is 0 Å². The van der Waals surface area contributed by atoms with Crippen LogP contribution in [0.3, 0.4) is 0 Å². The first-order valence-corrected chi connectivity index (χ1v) is 11.5. The van der Waals surface area contributed by atoms with E-state index in [1.54, 1.807) is 42.5 Å². The summed E-state index contributed by atoms with van der Waals surface area (Å²) in [5.41, 5.74) is 7.16. The maximum atomic E-state index is 12.8. The second kappa shape index (κ2) is 11.4. The third-order valence-electron chi connectivity index (χ3n) is 4.84. The van der Waals surface area contributed by atoms with Gasteiger partial charge in [-0.1, -0.05) is 35.9 Å². The predicted molar refractivity (Wildman–Crippen MR) is 127 cm³/mol. The lowest BCUT2D eigenvalue weighted by Crippen LogP contribution is -2.23. The van der Waals surface area contributed by atoms with Crippen molar-refractivity contribution in [3.05, 3.63) is 94.5 Å². The zero-order valence-electron chi connectivity index (χ0n) is 17.1. The largest absolute Gasteiger partial charge is 0.387 e. The molecular formula is C23H24Cl2N2O4S. The molecule has 3 rings (SSSR count). The van der Waals surface area contributed by atoms with Crippen molar-refractivity contribution >= 4 is 39.8 Å². The second-order valence-corrected chi connectivity index (χ2v) is 9.45. The maximum absolute atomic E-state index is 12.8. The van der Waals surface area contributed by atoms with Crippen molar-refractivity contribution in [1.29, 1.82) is 0 Å². The van der Waals surface area contributed by atoms with Crippen LogP contribution in [-0.4, -0.2) is 32.5 Å². The highest BCUT2D eigenvalue weighted by atomic mass is 35.5. The van der Waals surface area contributed by atoms with Crippen molar-refractivity contribution in [2.75, 3.05) is 13.1 Å². The Morgan fingerprint density at radius 3 is 2.16 bits per heavy atom. The zero-order valence-corrected chi connectivity index (χ0v) is 19.5. The second-order valence-electron chi connectivity index (χ2n) is 7.06. The molecule has 0 radical (unpaired) electrons. The molecule has 0 saturated carbocycles. The van der Waals surface area contributed by atoms with Crippen LogP contribution in [-0.2, 0) is 16.3 Å². The lowest BCUT2D eigenvalue weighted by molar-refractivity contribution is 0.1000. The van der Waals surface area contributed by atoms with E-state index in [0.29, 0.717) is 24.5 Å². The number of carbonyl (C=O) groups excluding carboxylic acids is 1. The summed E-state index contributed by atoms with van der Waals surface area (Å²) in [4.78, 5) is 11.4. The summed E-state index contributed by atoms with van der Waals surface area (Å²) < 4.78 is 25.5. The molecule has 3 aromatic rings. The molecule has 0 saturated heterocycles. The fraction of sp³-hybridized carbons (Fsp3) is 0.174. The van der Waals surface area contributed by atoms with Gasteiger partial charge in [-0.2, -0.15) is 0 Å². The number of aliphatic hydroxyl groups is 1. The number of benzene rings is 3. The molecule has 0 aromatic heterocycles. The van der Waals surface area contributed by atoms with Crippen LogP contribution in [0.2, 0.25) is 5.02 Å². The van der Waals surface area contributed by atoms with E-state index in [-0.39, 0.29) is 27.8 Å². The van der Waals surface area contributed by atoms with E-state index < -0.39 is 21.8 Å². The molecule has 32 heavy (non-hydrogen) atoms. The molecule has 3 aromatic carbocycles. The smallest absolute Gasteiger partial charge is 0.248 e. The molecule has 0 bridgehead atoms. The van der Waals surface area contributed by atoms with Gasteiger partial charge in [0, 0.05) is 17.1 Å². The van der Waals surface area contributed by atoms with Crippen molar-refractivity contribution in [2.24, 2.45) is 5.73 Å². The molecule has 0 aliphatic carbocycles. The van der Waals surface area contributed by atoms with E-state index in [1.807, 2.05) is 6.07 Å². The van der Waals surface area contributed by atoms with E-state index >= 15 is 0 Å². The summed E-state index contributed by atoms with van der Waals surface area (Å²) >= 11 is 5.94. The lowest BCUT2D eigenvalue weighted by Gasteiger charge is -2.12. The van der Waals surface area contributed by atoms with Gasteiger partial charge in [0.25, 0.3) is 0 Å². The monoisotopic (exact) mass is 494 g/mol. The fourth-order valence-corrected chi connectivity index (χ4v) is 4.53. The summed E-state index contributed by atoms with van der Waals surface area (Å²) in [6, 6.07) is 19.3. The van der Waals surface area contributed by atoms with Crippen LogP contribution in [0.15, 0.2) is 82.6 Å². The van der Waals surface area contributed by atoms with Gasteiger partial charge in [0.05, 0.1) is 15.9 Å². The molecule has 6 nitrogen and oxygen atoms in total. The Hall–Kier alpha value is -2.42. The molecule has 0 spiro atoms. The Morgan fingerprint density at radius 1 is 1.00 bits per heavy atom. The first-order chi connectivity index (χ1) is 14.8. The number of hydrogen-bond acceptors (Lipinski definition) is 5. The normalized spacial score (nSPS) is 12.1. The van der Waals surface area contributed by atoms with Crippen LogP contribution in [0.1, 0.15) is 27.6 Å². The number of nitrogens with two attached hydrogens (primary N) is 1. The van der Waals surface area contributed by atoms with E-state index in [9.17, 15) is 18.3 Å². The summed E-state index contributed by atoms with van der Waals surface area (Å²) in [6.07, 6.45) is 0.0165. The van der Waals surface area contributed by atoms with Crippen LogP contribution in [0.25, 0.3) is 0 Å². The molecule has 170 valence electrons. The minimum atomic E-state index is -3.68. The maximum Gasteiger partial charge on any atom is 0.248 e. The van der Waals surface area contributed by atoms with Gasteiger partial charge in [-0.25, -0.2) is 8.42 Å². The summed E-state index contributed by atoms with van der Waals surface area (Å²) in [5.74, 6) is -0.609. The highest BCUT2D eigenvalue weighted by Gasteiger charge is 2.18. The van der Waals surface area contributed by atoms with Crippen molar-refractivity contribution in [3.63, 3.8) is 0 Å². The van der Waals surface area contributed by atoms with Crippen LogP contribution in [0.5, 0.6) is 0 Å². The highest BCUT2D eigenvalue weighted by Crippen LogP contribution is 2.22. The number of primary amides is 1. The van der Waals surface area contributed by atoms with Crippen LogP contribution in [0, 0.1) is 0 Å². The first-order valence-electron chi connectivity index (χ1n) is 9.65. The number of sulfone groups is 1. The number of carbonyl (C=O) groups is 1. The minimum Gasteiger partial charge on any atom is -0.387 e. The topological polar surface area (TPSA) is 109 Å². The predicted octanol–water partition coefficient (Wildman–Crippen LogP) is 3.56. The number of halogens is 2. The minimum absolute atomic E-state index is 0. The van der Waals surface area contributed by atoms with Gasteiger partial charge in [0.15, 0.2) is 0 Å². The Kier molecular flexibility index (Phi) is 9.24. The fourth-order valence-electron chi connectivity index (χ4n) is 3.07. The van der Waals surface area contributed by atoms with Gasteiger partial charge >= 0.3 is 0 Å². The Morgan fingerprint density at radius 2 is 1.59 bits per heavy atom. The van der Waals surface area contributed by atoms with E-state index in [1.165, 1.54) is 24.3 Å². The zero-order chi connectivity index (χ0) is 22.4. The quantitative estimate of drug-likeness (QED) is 0.394. The number of aliphatic hydroxyl groups excluding tert-OH is 1.